The zero-order valence-electron chi connectivity index (χ0n) is 17.2. The minimum absolute atomic E-state index is 0.0480. The molecule has 0 saturated carbocycles. The van der Waals surface area contributed by atoms with E-state index in [1.165, 1.54) is 6.42 Å². The van der Waals surface area contributed by atoms with Gasteiger partial charge in [-0.1, -0.05) is 6.92 Å². The third-order valence-corrected chi connectivity index (χ3v) is 5.43. The highest BCUT2D eigenvalue weighted by molar-refractivity contribution is 5.78. The largest absolute Gasteiger partial charge is 0.493 e. The lowest BCUT2D eigenvalue weighted by atomic mass is 10.0. The van der Waals surface area contributed by atoms with Crippen molar-refractivity contribution in [1.29, 1.82) is 0 Å². The fourth-order valence-corrected chi connectivity index (χ4v) is 3.76. The minimum atomic E-state index is -0.0480. The highest BCUT2D eigenvalue weighted by Crippen LogP contribution is 2.31. The quantitative estimate of drug-likeness (QED) is 0.762. The number of methoxy groups -OCH3 is 2. The predicted octanol–water partition coefficient (Wildman–Crippen LogP) is 3.34. The second-order valence-electron chi connectivity index (χ2n) is 7.20. The van der Waals surface area contributed by atoms with Crippen molar-refractivity contribution in [2.24, 2.45) is 0 Å². The van der Waals surface area contributed by atoms with E-state index in [0.717, 1.165) is 43.7 Å². The van der Waals surface area contributed by atoms with Gasteiger partial charge in [0.15, 0.2) is 11.5 Å². The van der Waals surface area contributed by atoms with Gasteiger partial charge < -0.3 is 19.3 Å². The maximum Gasteiger partial charge on any atom is 0.329 e. The van der Waals surface area contributed by atoms with E-state index in [1.54, 1.807) is 31.3 Å². The van der Waals surface area contributed by atoms with Crippen LogP contribution in [0.1, 0.15) is 26.2 Å². The van der Waals surface area contributed by atoms with Gasteiger partial charge in [0.05, 0.1) is 19.9 Å². The summed E-state index contributed by atoms with van der Waals surface area (Å²) < 4.78 is 12.2. The van der Waals surface area contributed by atoms with Crippen LogP contribution in [-0.4, -0.2) is 72.3 Å². The van der Waals surface area contributed by atoms with Crippen LogP contribution in [0.25, 0.3) is 11.3 Å². The van der Waals surface area contributed by atoms with Crippen LogP contribution in [0.2, 0.25) is 0 Å². The molecule has 3 rings (SSSR count). The lowest BCUT2D eigenvalue weighted by Gasteiger charge is -2.36. The number of hydrogen-bond donors (Lipinski definition) is 0. The lowest BCUT2D eigenvalue weighted by molar-refractivity contribution is 0.135. The first kappa shape index (κ1) is 20.2. The van der Waals surface area contributed by atoms with Gasteiger partial charge in [-0.15, -0.1) is 0 Å². The van der Waals surface area contributed by atoms with E-state index in [4.69, 9.17) is 9.47 Å². The van der Waals surface area contributed by atoms with E-state index in [-0.39, 0.29) is 12.1 Å². The molecule has 0 unspecified atom stereocenters. The van der Waals surface area contributed by atoms with Gasteiger partial charge in [-0.05, 0) is 44.0 Å². The third kappa shape index (κ3) is 4.30. The van der Waals surface area contributed by atoms with E-state index >= 15 is 0 Å². The van der Waals surface area contributed by atoms with E-state index in [2.05, 4.69) is 16.8 Å². The summed E-state index contributed by atoms with van der Waals surface area (Å²) in [4.78, 5) is 21.6. The Kier molecular flexibility index (Phi) is 6.57. The van der Waals surface area contributed by atoms with Crippen LogP contribution >= 0.6 is 0 Å². The van der Waals surface area contributed by atoms with Crippen molar-refractivity contribution < 1.29 is 14.3 Å². The molecule has 1 saturated heterocycles. The van der Waals surface area contributed by atoms with E-state index in [1.807, 2.05) is 30.1 Å². The first-order chi connectivity index (χ1) is 13.6. The van der Waals surface area contributed by atoms with Crippen LogP contribution in [-0.2, 0) is 0 Å². The number of carbonyl (C=O) groups is 1. The number of piperidine rings is 1. The molecular weight excluding hydrogens is 356 g/mol. The maximum atomic E-state index is 12.9. The highest BCUT2D eigenvalue weighted by atomic mass is 16.5. The van der Waals surface area contributed by atoms with Crippen LogP contribution < -0.4 is 9.47 Å². The Labute approximate surface area is 166 Å². The fourth-order valence-electron chi connectivity index (χ4n) is 3.76. The summed E-state index contributed by atoms with van der Waals surface area (Å²) in [6.45, 7) is 5.45. The van der Waals surface area contributed by atoms with Gasteiger partial charge in [0.1, 0.15) is 6.33 Å². The number of nitrogens with zero attached hydrogens (tertiary/aromatic N) is 4. The normalized spacial score (nSPS) is 15.4. The van der Waals surface area contributed by atoms with Crippen LogP contribution in [0.5, 0.6) is 11.5 Å². The Morgan fingerprint density at radius 2 is 1.93 bits per heavy atom. The minimum Gasteiger partial charge on any atom is -0.493 e. The number of ether oxygens (including phenoxy) is 2. The molecule has 1 fully saturated rings. The summed E-state index contributed by atoms with van der Waals surface area (Å²) >= 11 is 0. The molecule has 1 aliphatic heterocycles. The van der Waals surface area contributed by atoms with Gasteiger partial charge in [-0.2, -0.15) is 0 Å². The van der Waals surface area contributed by atoms with Crippen LogP contribution in [0.15, 0.2) is 30.7 Å². The van der Waals surface area contributed by atoms with Gasteiger partial charge >= 0.3 is 6.03 Å². The molecule has 0 N–H and O–H groups in total. The summed E-state index contributed by atoms with van der Waals surface area (Å²) in [5.74, 6) is 1.30. The first-order valence-corrected chi connectivity index (χ1v) is 9.83. The summed E-state index contributed by atoms with van der Waals surface area (Å²) in [6, 6.07) is 5.83. The highest BCUT2D eigenvalue weighted by Gasteiger charge is 2.26. The van der Waals surface area contributed by atoms with Crippen molar-refractivity contribution in [3.05, 3.63) is 30.7 Å². The molecular formula is C21H30N4O3. The molecule has 0 bridgehead atoms. The molecule has 152 valence electrons. The molecule has 0 aliphatic carbocycles. The van der Waals surface area contributed by atoms with Crippen LogP contribution in [0, 0.1) is 0 Å². The van der Waals surface area contributed by atoms with Gasteiger partial charge in [0.25, 0.3) is 0 Å². The SMILES string of the molecule is CCCN1CCC(N(C)C(=O)n2cnc(-c3ccc(OC)c(OC)c3)c2)CC1. The molecule has 1 aromatic carbocycles. The smallest absolute Gasteiger partial charge is 0.329 e. The van der Waals surface area contributed by atoms with E-state index in [9.17, 15) is 4.79 Å². The molecule has 7 heteroatoms. The molecule has 1 aromatic heterocycles. The number of amides is 1. The molecule has 0 spiro atoms. The average molecular weight is 386 g/mol. The van der Waals surface area contributed by atoms with Crippen molar-refractivity contribution in [3.8, 4) is 22.8 Å². The summed E-state index contributed by atoms with van der Waals surface area (Å²) in [7, 11) is 5.09. The summed E-state index contributed by atoms with van der Waals surface area (Å²) in [5, 5.41) is 0. The molecule has 2 heterocycles. The standard InChI is InChI=1S/C21H30N4O3/c1-5-10-24-11-8-17(9-12-24)23(2)21(26)25-14-18(22-15-25)16-6-7-19(27-3)20(13-16)28-4/h6-7,13-15,17H,5,8-12H2,1-4H3. The zero-order chi connectivity index (χ0) is 20.1. The Hall–Kier alpha value is -2.54. The molecule has 28 heavy (non-hydrogen) atoms. The lowest BCUT2D eigenvalue weighted by Crippen LogP contribution is -2.46. The van der Waals surface area contributed by atoms with Gasteiger partial charge in [-0.25, -0.2) is 9.78 Å². The number of likely N-dealkylation sites (tertiary alicyclic amines) is 1. The topological polar surface area (TPSA) is 59.8 Å². The van der Waals surface area contributed by atoms with Crippen LogP contribution in [0.4, 0.5) is 4.79 Å². The molecule has 7 nitrogen and oxygen atoms in total. The summed E-state index contributed by atoms with van der Waals surface area (Å²) in [6.07, 6.45) is 6.55. The summed E-state index contributed by atoms with van der Waals surface area (Å²) in [5.41, 5.74) is 1.60. The number of aromatic nitrogens is 2. The third-order valence-electron chi connectivity index (χ3n) is 5.43. The van der Waals surface area contributed by atoms with Crippen molar-refractivity contribution >= 4 is 6.03 Å². The number of hydrogen-bond acceptors (Lipinski definition) is 5. The number of carbonyl (C=O) groups excluding carboxylic acids is 1. The number of imidazole rings is 1. The fraction of sp³-hybridized carbons (Fsp3) is 0.524. The van der Waals surface area contributed by atoms with E-state index in [0.29, 0.717) is 11.5 Å². The Morgan fingerprint density at radius 3 is 2.57 bits per heavy atom. The van der Waals surface area contributed by atoms with Crippen molar-refractivity contribution in [1.82, 2.24) is 19.4 Å². The number of rotatable bonds is 6. The average Bonchev–Trinajstić information content (AvgIpc) is 3.23. The monoisotopic (exact) mass is 386 g/mol. The van der Waals surface area contributed by atoms with Crippen molar-refractivity contribution in [2.75, 3.05) is 40.9 Å². The van der Waals surface area contributed by atoms with Crippen molar-refractivity contribution in [2.45, 2.75) is 32.2 Å². The number of benzene rings is 1. The molecule has 1 amide bonds. The second-order valence-corrected chi connectivity index (χ2v) is 7.20. The molecule has 0 atom stereocenters. The van der Waals surface area contributed by atoms with Gasteiger partial charge in [0, 0.05) is 37.9 Å². The predicted molar refractivity (Wildman–Crippen MR) is 109 cm³/mol. The second kappa shape index (κ2) is 9.10. The van der Waals surface area contributed by atoms with Gasteiger partial charge in [-0.3, -0.25) is 4.57 Å². The molecule has 1 aliphatic rings. The maximum absolute atomic E-state index is 12.9. The zero-order valence-corrected chi connectivity index (χ0v) is 17.2. The van der Waals surface area contributed by atoms with Gasteiger partial charge in [0.2, 0.25) is 0 Å². The van der Waals surface area contributed by atoms with Crippen molar-refractivity contribution in [3.63, 3.8) is 0 Å². The van der Waals surface area contributed by atoms with Crippen LogP contribution in [0.3, 0.4) is 0 Å². The Bertz CT molecular complexity index is 797. The van der Waals surface area contributed by atoms with E-state index < -0.39 is 0 Å². The Balaban J connectivity index is 1.69. The first-order valence-electron chi connectivity index (χ1n) is 9.83. The molecule has 2 aromatic rings. The molecule has 0 radical (unpaired) electrons. The Morgan fingerprint density at radius 1 is 1.21 bits per heavy atom.